The summed E-state index contributed by atoms with van der Waals surface area (Å²) in [6, 6.07) is 13.8. The molecular weight excluding hydrogens is 293 g/mol. The lowest BCUT2D eigenvalue weighted by Gasteiger charge is -2.19. The maximum absolute atomic E-state index is 13.8. The zero-order valence-corrected chi connectivity index (χ0v) is 13.3. The molecule has 2 aromatic rings. The van der Waals surface area contributed by atoms with E-state index in [1.165, 1.54) is 12.1 Å². The highest BCUT2D eigenvalue weighted by atomic mass is 19.1. The van der Waals surface area contributed by atoms with Crippen molar-refractivity contribution >= 4 is 11.8 Å². The first-order valence-corrected chi connectivity index (χ1v) is 7.20. The number of amides is 1. The van der Waals surface area contributed by atoms with E-state index in [0.29, 0.717) is 5.56 Å². The molecule has 0 saturated carbocycles. The number of nitrogens with one attached hydrogen (secondary N) is 1. The minimum absolute atomic E-state index is 0.0408. The molecule has 0 fully saturated rings. The lowest BCUT2D eigenvalue weighted by molar-refractivity contribution is 0.0635. The van der Waals surface area contributed by atoms with Gasteiger partial charge in [-0.05, 0) is 51.1 Å². The Bertz CT molecular complexity index is 752. The molecule has 2 rings (SSSR count). The molecule has 0 bridgehead atoms. The van der Waals surface area contributed by atoms with E-state index in [9.17, 15) is 9.18 Å². The second-order valence-corrected chi connectivity index (χ2v) is 5.94. The van der Waals surface area contributed by atoms with Gasteiger partial charge in [0.2, 0.25) is 0 Å². The summed E-state index contributed by atoms with van der Waals surface area (Å²) >= 11 is 0. The van der Waals surface area contributed by atoms with Crippen molar-refractivity contribution in [1.82, 2.24) is 0 Å². The van der Waals surface area contributed by atoms with Gasteiger partial charge >= 0.3 is 6.09 Å². The summed E-state index contributed by atoms with van der Waals surface area (Å²) in [7, 11) is 0. The van der Waals surface area contributed by atoms with E-state index in [0.717, 1.165) is 5.56 Å². The highest BCUT2D eigenvalue weighted by molar-refractivity contribution is 5.85. The molecular formula is C19H18FNO2. The van der Waals surface area contributed by atoms with Crippen molar-refractivity contribution in [3.05, 3.63) is 65.5 Å². The molecule has 2 aromatic carbocycles. The Hall–Kier alpha value is -2.80. The topological polar surface area (TPSA) is 38.3 Å². The summed E-state index contributed by atoms with van der Waals surface area (Å²) in [4.78, 5) is 11.7. The minimum atomic E-state index is -0.704. The van der Waals surface area contributed by atoms with E-state index in [-0.39, 0.29) is 5.69 Å². The minimum Gasteiger partial charge on any atom is -0.444 e. The lowest BCUT2D eigenvalue weighted by Crippen LogP contribution is -2.27. The SMILES string of the molecule is CC(C)(C)OC(=O)Nc1cc(C#Cc2ccccc2)ccc1F. The summed E-state index contributed by atoms with van der Waals surface area (Å²) in [5.41, 5.74) is 0.851. The first-order valence-electron chi connectivity index (χ1n) is 7.20. The van der Waals surface area contributed by atoms with Gasteiger partial charge in [0.15, 0.2) is 0 Å². The average Bonchev–Trinajstić information content (AvgIpc) is 2.47. The third-order valence-corrected chi connectivity index (χ3v) is 2.73. The van der Waals surface area contributed by atoms with Crippen molar-refractivity contribution < 1.29 is 13.9 Å². The fourth-order valence-corrected chi connectivity index (χ4v) is 1.78. The highest BCUT2D eigenvalue weighted by Gasteiger charge is 2.17. The summed E-state index contributed by atoms with van der Waals surface area (Å²) in [5.74, 6) is 5.38. The fourth-order valence-electron chi connectivity index (χ4n) is 1.78. The molecule has 23 heavy (non-hydrogen) atoms. The predicted molar refractivity (Wildman–Crippen MR) is 88.7 cm³/mol. The van der Waals surface area contributed by atoms with Gasteiger partial charge in [0.25, 0.3) is 0 Å². The van der Waals surface area contributed by atoms with E-state index in [2.05, 4.69) is 17.2 Å². The van der Waals surface area contributed by atoms with E-state index in [1.54, 1.807) is 26.8 Å². The van der Waals surface area contributed by atoms with Crippen LogP contribution >= 0.6 is 0 Å². The summed E-state index contributed by atoms with van der Waals surface area (Å²) in [6.45, 7) is 5.22. The Morgan fingerprint density at radius 2 is 1.70 bits per heavy atom. The molecule has 0 radical (unpaired) electrons. The van der Waals surface area contributed by atoms with Crippen LogP contribution in [0.2, 0.25) is 0 Å². The lowest BCUT2D eigenvalue weighted by atomic mass is 10.1. The fraction of sp³-hybridized carbons (Fsp3) is 0.211. The second kappa shape index (κ2) is 6.97. The quantitative estimate of drug-likeness (QED) is 0.783. The van der Waals surface area contributed by atoms with Gasteiger partial charge in [-0.2, -0.15) is 0 Å². The largest absolute Gasteiger partial charge is 0.444 e. The van der Waals surface area contributed by atoms with Crippen LogP contribution in [0.15, 0.2) is 48.5 Å². The van der Waals surface area contributed by atoms with Crippen LogP contribution in [0, 0.1) is 17.7 Å². The Kier molecular flexibility index (Phi) is 5.02. The van der Waals surface area contributed by atoms with Crippen LogP contribution in [0.1, 0.15) is 31.9 Å². The molecule has 0 aliphatic heterocycles. The molecule has 0 heterocycles. The normalized spacial score (nSPS) is 10.4. The maximum atomic E-state index is 13.8. The molecule has 0 aliphatic rings. The van der Waals surface area contributed by atoms with Gasteiger partial charge in [-0.3, -0.25) is 5.32 Å². The van der Waals surface area contributed by atoms with Crippen LogP contribution in [0.3, 0.4) is 0 Å². The number of carbonyl (C=O) groups is 1. The van der Waals surface area contributed by atoms with Crippen molar-refractivity contribution in [2.24, 2.45) is 0 Å². The van der Waals surface area contributed by atoms with Gasteiger partial charge in [0.1, 0.15) is 11.4 Å². The molecule has 118 valence electrons. The summed E-state index contributed by atoms with van der Waals surface area (Å²) in [5, 5.41) is 2.40. The van der Waals surface area contributed by atoms with Crippen LogP contribution in [0.4, 0.5) is 14.9 Å². The van der Waals surface area contributed by atoms with Gasteiger partial charge in [0, 0.05) is 11.1 Å². The highest BCUT2D eigenvalue weighted by Crippen LogP contribution is 2.17. The third kappa shape index (κ3) is 5.48. The number of ether oxygens (including phenoxy) is 1. The van der Waals surface area contributed by atoms with Crippen molar-refractivity contribution in [2.75, 3.05) is 5.32 Å². The Balaban J connectivity index is 2.16. The predicted octanol–water partition coefficient (Wildman–Crippen LogP) is 4.57. The number of rotatable bonds is 1. The third-order valence-electron chi connectivity index (χ3n) is 2.73. The maximum Gasteiger partial charge on any atom is 0.412 e. The Morgan fingerprint density at radius 3 is 2.35 bits per heavy atom. The van der Waals surface area contributed by atoms with Crippen LogP contribution in [-0.4, -0.2) is 11.7 Å². The van der Waals surface area contributed by atoms with E-state index < -0.39 is 17.5 Å². The van der Waals surface area contributed by atoms with E-state index in [4.69, 9.17) is 4.74 Å². The van der Waals surface area contributed by atoms with Gasteiger partial charge in [-0.25, -0.2) is 9.18 Å². The number of hydrogen-bond donors (Lipinski definition) is 1. The van der Waals surface area contributed by atoms with Crippen LogP contribution < -0.4 is 5.32 Å². The van der Waals surface area contributed by atoms with Gasteiger partial charge in [0.05, 0.1) is 5.69 Å². The zero-order valence-electron chi connectivity index (χ0n) is 13.3. The van der Waals surface area contributed by atoms with Gasteiger partial charge < -0.3 is 4.74 Å². The van der Waals surface area contributed by atoms with Crippen LogP contribution in [0.25, 0.3) is 0 Å². The standard InChI is InChI=1S/C19H18FNO2/c1-19(2,3)23-18(22)21-17-13-15(11-12-16(17)20)10-9-14-7-5-4-6-8-14/h4-8,11-13H,1-3H3,(H,21,22). The van der Waals surface area contributed by atoms with Crippen molar-refractivity contribution in [1.29, 1.82) is 0 Å². The second-order valence-electron chi connectivity index (χ2n) is 5.94. The molecule has 0 spiro atoms. The zero-order chi connectivity index (χ0) is 16.9. The number of hydrogen-bond acceptors (Lipinski definition) is 2. The molecule has 1 N–H and O–H groups in total. The smallest absolute Gasteiger partial charge is 0.412 e. The van der Waals surface area contributed by atoms with E-state index >= 15 is 0 Å². The number of anilines is 1. The molecule has 0 aliphatic carbocycles. The molecule has 0 unspecified atom stereocenters. The first-order chi connectivity index (χ1) is 10.8. The van der Waals surface area contributed by atoms with Crippen molar-refractivity contribution in [3.8, 4) is 11.8 Å². The van der Waals surface area contributed by atoms with Crippen LogP contribution in [0.5, 0.6) is 0 Å². The first kappa shape index (κ1) is 16.6. The van der Waals surface area contributed by atoms with Gasteiger partial charge in [-0.1, -0.05) is 30.0 Å². The van der Waals surface area contributed by atoms with Crippen molar-refractivity contribution in [3.63, 3.8) is 0 Å². The molecule has 4 heteroatoms. The van der Waals surface area contributed by atoms with E-state index in [1.807, 2.05) is 30.3 Å². The number of carbonyl (C=O) groups excluding carboxylic acids is 1. The summed E-state index contributed by atoms with van der Waals surface area (Å²) < 4.78 is 18.9. The molecule has 0 aromatic heterocycles. The van der Waals surface area contributed by atoms with Gasteiger partial charge in [-0.15, -0.1) is 0 Å². The molecule has 0 saturated heterocycles. The molecule has 0 atom stereocenters. The Labute approximate surface area is 135 Å². The molecule has 1 amide bonds. The van der Waals surface area contributed by atoms with Crippen LogP contribution in [-0.2, 0) is 4.74 Å². The summed E-state index contributed by atoms with van der Waals surface area (Å²) in [6.07, 6.45) is -0.704. The monoisotopic (exact) mass is 311 g/mol. The number of benzene rings is 2. The molecule has 3 nitrogen and oxygen atoms in total. The Morgan fingerprint density at radius 1 is 1.04 bits per heavy atom. The number of halogens is 1. The average molecular weight is 311 g/mol. The van der Waals surface area contributed by atoms with Crippen molar-refractivity contribution in [2.45, 2.75) is 26.4 Å².